The Morgan fingerprint density at radius 3 is 2.90 bits per heavy atom. The molecule has 0 bridgehead atoms. The molecule has 0 aromatic carbocycles. The summed E-state index contributed by atoms with van der Waals surface area (Å²) < 4.78 is 13.8. The van der Waals surface area contributed by atoms with Crippen LogP contribution in [0.5, 0.6) is 0 Å². The number of amides is 1. The Balaban J connectivity index is 1.91. The van der Waals surface area contributed by atoms with Gasteiger partial charge in [0.25, 0.3) is 5.91 Å². The summed E-state index contributed by atoms with van der Waals surface area (Å²) in [5.41, 5.74) is 0.994. The molecule has 0 radical (unpaired) electrons. The third-order valence-electron chi connectivity index (χ3n) is 3.58. The van der Waals surface area contributed by atoms with Gasteiger partial charge in [0, 0.05) is 38.2 Å². The SMILES string of the molecule is O=C(c1ccncc1F)N1CCNCC1c1cccnc1. The lowest BCUT2D eigenvalue weighted by molar-refractivity contribution is 0.0629. The lowest BCUT2D eigenvalue weighted by Crippen LogP contribution is -2.48. The van der Waals surface area contributed by atoms with E-state index in [-0.39, 0.29) is 17.5 Å². The number of nitrogens with one attached hydrogen (secondary N) is 1. The lowest BCUT2D eigenvalue weighted by atomic mass is 10.0. The van der Waals surface area contributed by atoms with E-state index in [1.165, 1.54) is 12.3 Å². The minimum absolute atomic E-state index is 0.0563. The van der Waals surface area contributed by atoms with Crippen LogP contribution < -0.4 is 5.32 Å². The fraction of sp³-hybridized carbons (Fsp3) is 0.267. The number of carbonyl (C=O) groups excluding carboxylic acids is 1. The normalized spacial score (nSPS) is 18.5. The molecule has 0 saturated carbocycles. The van der Waals surface area contributed by atoms with Crippen molar-refractivity contribution < 1.29 is 9.18 Å². The molecule has 0 spiro atoms. The minimum atomic E-state index is -0.592. The molecule has 1 unspecified atom stereocenters. The van der Waals surface area contributed by atoms with Crippen molar-refractivity contribution in [1.29, 1.82) is 0 Å². The molecular formula is C15H15FN4O. The van der Waals surface area contributed by atoms with Crippen LogP contribution >= 0.6 is 0 Å². The van der Waals surface area contributed by atoms with Crippen molar-refractivity contribution in [3.63, 3.8) is 0 Å². The highest BCUT2D eigenvalue weighted by Gasteiger charge is 2.29. The van der Waals surface area contributed by atoms with E-state index in [4.69, 9.17) is 0 Å². The molecule has 1 fully saturated rings. The van der Waals surface area contributed by atoms with Crippen LogP contribution in [-0.2, 0) is 0 Å². The van der Waals surface area contributed by atoms with Crippen molar-refractivity contribution in [2.75, 3.05) is 19.6 Å². The first kappa shape index (κ1) is 13.6. The number of aromatic nitrogens is 2. The van der Waals surface area contributed by atoms with Gasteiger partial charge in [-0.2, -0.15) is 0 Å². The number of halogens is 1. The standard InChI is InChI=1S/C15H15FN4O/c16-13-9-18-5-3-12(13)15(21)20-7-6-19-10-14(20)11-2-1-4-17-8-11/h1-5,8-9,14,19H,6-7,10H2. The van der Waals surface area contributed by atoms with Crippen LogP contribution in [0, 0.1) is 5.82 Å². The van der Waals surface area contributed by atoms with Gasteiger partial charge >= 0.3 is 0 Å². The van der Waals surface area contributed by atoms with Gasteiger partial charge in [-0.1, -0.05) is 6.07 Å². The van der Waals surface area contributed by atoms with Crippen molar-refractivity contribution in [1.82, 2.24) is 20.2 Å². The van der Waals surface area contributed by atoms with Crippen LogP contribution in [0.2, 0.25) is 0 Å². The summed E-state index contributed by atoms with van der Waals surface area (Å²) in [5.74, 6) is -0.906. The van der Waals surface area contributed by atoms with Crippen molar-refractivity contribution in [2.24, 2.45) is 0 Å². The number of pyridine rings is 2. The zero-order valence-electron chi connectivity index (χ0n) is 11.4. The fourth-order valence-electron chi connectivity index (χ4n) is 2.52. The fourth-order valence-corrected chi connectivity index (χ4v) is 2.52. The molecule has 1 aliphatic heterocycles. The van der Waals surface area contributed by atoms with E-state index in [1.807, 2.05) is 12.1 Å². The molecule has 3 rings (SSSR count). The number of piperazine rings is 1. The predicted octanol–water partition coefficient (Wildman–Crippen LogP) is 1.40. The van der Waals surface area contributed by atoms with E-state index >= 15 is 0 Å². The zero-order valence-corrected chi connectivity index (χ0v) is 11.4. The first-order valence-electron chi connectivity index (χ1n) is 6.78. The van der Waals surface area contributed by atoms with Gasteiger partial charge in [-0.25, -0.2) is 4.39 Å². The van der Waals surface area contributed by atoms with E-state index < -0.39 is 5.82 Å². The second-order valence-corrected chi connectivity index (χ2v) is 4.86. The maximum Gasteiger partial charge on any atom is 0.257 e. The van der Waals surface area contributed by atoms with E-state index in [1.54, 1.807) is 17.3 Å². The monoisotopic (exact) mass is 286 g/mol. The van der Waals surface area contributed by atoms with Gasteiger partial charge in [0.05, 0.1) is 17.8 Å². The number of nitrogens with zero attached hydrogens (tertiary/aromatic N) is 3. The van der Waals surface area contributed by atoms with Crippen LogP contribution in [0.15, 0.2) is 43.0 Å². The number of hydrogen-bond acceptors (Lipinski definition) is 4. The molecule has 21 heavy (non-hydrogen) atoms. The van der Waals surface area contributed by atoms with Crippen molar-refractivity contribution in [3.8, 4) is 0 Å². The molecule has 1 N–H and O–H groups in total. The topological polar surface area (TPSA) is 58.1 Å². The molecule has 1 aliphatic rings. The summed E-state index contributed by atoms with van der Waals surface area (Å²) in [6.45, 7) is 1.85. The van der Waals surface area contributed by atoms with Crippen molar-refractivity contribution in [3.05, 3.63) is 59.9 Å². The van der Waals surface area contributed by atoms with E-state index in [9.17, 15) is 9.18 Å². The quantitative estimate of drug-likeness (QED) is 0.906. The highest BCUT2D eigenvalue weighted by molar-refractivity contribution is 5.94. The van der Waals surface area contributed by atoms with Gasteiger partial charge < -0.3 is 10.2 Å². The van der Waals surface area contributed by atoms with Crippen molar-refractivity contribution in [2.45, 2.75) is 6.04 Å². The molecule has 108 valence electrons. The summed E-state index contributed by atoms with van der Waals surface area (Å²) in [4.78, 5) is 22.1. The summed E-state index contributed by atoms with van der Waals surface area (Å²) in [5, 5.41) is 3.26. The molecule has 2 aromatic rings. The first-order valence-corrected chi connectivity index (χ1v) is 6.78. The maximum absolute atomic E-state index is 13.8. The Hall–Kier alpha value is -2.34. The Kier molecular flexibility index (Phi) is 3.87. The van der Waals surface area contributed by atoms with E-state index in [2.05, 4.69) is 15.3 Å². The molecule has 1 saturated heterocycles. The van der Waals surface area contributed by atoms with Crippen LogP contribution in [-0.4, -0.2) is 40.4 Å². The highest BCUT2D eigenvalue weighted by Crippen LogP contribution is 2.24. The molecule has 0 aliphatic carbocycles. The third-order valence-corrected chi connectivity index (χ3v) is 3.58. The smallest absolute Gasteiger partial charge is 0.257 e. The average Bonchev–Trinajstić information content (AvgIpc) is 2.55. The molecular weight excluding hydrogens is 271 g/mol. The van der Waals surface area contributed by atoms with Gasteiger partial charge in [0.2, 0.25) is 0 Å². The van der Waals surface area contributed by atoms with Gasteiger partial charge in [-0.3, -0.25) is 14.8 Å². The van der Waals surface area contributed by atoms with Gasteiger partial charge in [-0.05, 0) is 17.7 Å². The second-order valence-electron chi connectivity index (χ2n) is 4.86. The maximum atomic E-state index is 13.8. The van der Waals surface area contributed by atoms with Crippen molar-refractivity contribution >= 4 is 5.91 Å². The molecule has 2 aromatic heterocycles. The molecule has 1 amide bonds. The number of hydrogen-bond donors (Lipinski definition) is 1. The Bertz CT molecular complexity index is 635. The van der Waals surface area contributed by atoms with Crippen LogP contribution in [0.4, 0.5) is 4.39 Å². The largest absolute Gasteiger partial charge is 0.329 e. The Morgan fingerprint density at radius 2 is 2.14 bits per heavy atom. The predicted molar refractivity (Wildman–Crippen MR) is 75.1 cm³/mol. The average molecular weight is 286 g/mol. The van der Waals surface area contributed by atoms with Gasteiger partial charge in [0.1, 0.15) is 0 Å². The Labute approximate surface area is 121 Å². The Morgan fingerprint density at radius 1 is 1.29 bits per heavy atom. The van der Waals surface area contributed by atoms with E-state index in [0.29, 0.717) is 19.6 Å². The zero-order chi connectivity index (χ0) is 14.7. The summed E-state index contributed by atoms with van der Waals surface area (Å²) in [6, 6.07) is 5.03. The molecule has 6 heteroatoms. The summed E-state index contributed by atoms with van der Waals surface area (Å²) in [6.07, 6.45) is 5.92. The highest BCUT2D eigenvalue weighted by atomic mass is 19.1. The molecule has 5 nitrogen and oxygen atoms in total. The van der Waals surface area contributed by atoms with Crippen LogP contribution in [0.1, 0.15) is 22.0 Å². The van der Waals surface area contributed by atoms with E-state index in [0.717, 1.165) is 11.8 Å². The minimum Gasteiger partial charge on any atom is -0.329 e. The second kappa shape index (κ2) is 5.97. The van der Waals surface area contributed by atoms with Crippen LogP contribution in [0.25, 0.3) is 0 Å². The first-order chi connectivity index (χ1) is 10.3. The summed E-state index contributed by atoms with van der Waals surface area (Å²) >= 11 is 0. The molecule has 3 heterocycles. The number of rotatable bonds is 2. The third kappa shape index (κ3) is 2.75. The number of carbonyl (C=O) groups is 1. The summed E-state index contributed by atoms with van der Waals surface area (Å²) in [7, 11) is 0. The van der Waals surface area contributed by atoms with Gasteiger partial charge in [-0.15, -0.1) is 0 Å². The van der Waals surface area contributed by atoms with Crippen LogP contribution in [0.3, 0.4) is 0 Å². The lowest BCUT2D eigenvalue weighted by Gasteiger charge is -2.36. The molecule has 1 atom stereocenters. The van der Waals surface area contributed by atoms with Gasteiger partial charge in [0.15, 0.2) is 5.82 Å².